The first kappa shape index (κ1) is 14.6. The number of nitrogens with one attached hydrogen (secondary N) is 1. The molecule has 0 aliphatic carbocycles. The Balaban J connectivity index is 2.04. The van der Waals surface area contributed by atoms with Crippen LogP contribution in [0.15, 0.2) is 12.1 Å². The van der Waals surface area contributed by atoms with E-state index in [1.54, 1.807) is 0 Å². The smallest absolute Gasteiger partial charge is 0.272 e. The van der Waals surface area contributed by atoms with Crippen LogP contribution in [0.1, 0.15) is 33.6 Å². The number of amides is 4. The summed E-state index contributed by atoms with van der Waals surface area (Å²) in [6.07, 6.45) is -0.0163. The summed E-state index contributed by atoms with van der Waals surface area (Å²) in [4.78, 5) is 58.7. The molecule has 23 heavy (non-hydrogen) atoms. The molecule has 10 heteroatoms. The number of non-ortho nitro benzene ring substituents is 1. The molecule has 1 fully saturated rings. The minimum Gasteiger partial charge on any atom is -0.398 e. The third kappa shape index (κ3) is 2.11. The van der Waals surface area contributed by atoms with Crippen LogP contribution in [-0.2, 0) is 9.59 Å². The summed E-state index contributed by atoms with van der Waals surface area (Å²) in [6.45, 7) is 0. The van der Waals surface area contributed by atoms with Gasteiger partial charge in [-0.2, -0.15) is 0 Å². The van der Waals surface area contributed by atoms with Gasteiger partial charge in [-0.3, -0.25) is 39.5 Å². The van der Waals surface area contributed by atoms with Gasteiger partial charge < -0.3 is 5.73 Å². The number of rotatable bonds is 2. The maximum atomic E-state index is 12.4. The number of hydrogen-bond donors (Lipinski definition) is 2. The Labute approximate surface area is 128 Å². The van der Waals surface area contributed by atoms with Crippen molar-refractivity contribution in [2.45, 2.75) is 18.9 Å². The summed E-state index contributed by atoms with van der Waals surface area (Å²) in [5.74, 6) is -2.89. The lowest BCUT2D eigenvalue weighted by Crippen LogP contribution is -2.54. The molecular weight excluding hydrogens is 308 g/mol. The van der Waals surface area contributed by atoms with Gasteiger partial charge in [-0.05, 0) is 6.42 Å². The van der Waals surface area contributed by atoms with E-state index in [0.717, 1.165) is 12.1 Å². The second-order valence-electron chi connectivity index (χ2n) is 5.16. The minimum atomic E-state index is -1.14. The Morgan fingerprint density at radius 3 is 2.52 bits per heavy atom. The molecule has 10 nitrogen and oxygen atoms in total. The number of hydrogen-bond acceptors (Lipinski definition) is 7. The van der Waals surface area contributed by atoms with Crippen LogP contribution >= 0.6 is 0 Å². The number of fused-ring (bicyclic) bond motifs is 1. The third-order valence-electron chi connectivity index (χ3n) is 3.77. The number of benzene rings is 1. The second-order valence-corrected chi connectivity index (χ2v) is 5.16. The number of carbonyl (C=O) groups excluding carboxylic acids is 4. The molecule has 1 aromatic rings. The first-order valence-corrected chi connectivity index (χ1v) is 6.60. The molecule has 2 aliphatic rings. The van der Waals surface area contributed by atoms with E-state index in [4.69, 9.17) is 5.73 Å². The van der Waals surface area contributed by atoms with Crippen LogP contribution < -0.4 is 11.1 Å². The summed E-state index contributed by atoms with van der Waals surface area (Å²) in [5.41, 5.74) is 4.64. The number of anilines is 1. The largest absolute Gasteiger partial charge is 0.398 e. The molecule has 1 atom stereocenters. The van der Waals surface area contributed by atoms with Crippen molar-refractivity contribution in [1.82, 2.24) is 10.2 Å². The first-order chi connectivity index (χ1) is 10.8. The zero-order valence-corrected chi connectivity index (χ0v) is 11.6. The molecule has 3 rings (SSSR count). The van der Waals surface area contributed by atoms with Gasteiger partial charge in [-0.1, -0.05) is 0 Å². The number of nitro benzene ring substituents is 1. The van der Waals surface area contributed by atoms with Gasteiger partial charge in [0.2, 0.25) is 11.8 Å². The summed E-state index contributed by atoms with van der Waals surface area (Å²) >= 11 is 0. The van der Waals surface area contributed by atoms with Gasteiger partial charge in [0, 0.05) is 18.6 Å². The van der Waals surface area contributed by atoms with Crippen molar-refractivity contribution in [3.8, 4) is 0 Å². The molecular formula is C13H10N4O6. The Hall–Kier alpha value is -3.30. The molecule has 3 N–H and O–H groups in total. The van der Waals surface area contributed by atoms with E-state index in [1.165, 1.54) is 0 Å². The molecule has 0 bridgehead atoms. The number of imide groups is 2. The molecule has 0 aromatic heterocycles. The highest BCUT2D eigenvalue weighted by atomic mass is 16.6. The van der Waals surface area contributed by atoms with E-state index < -0.39 is 40.3 Å². The summed E-state index contributed by atoms with van der Waals surface area (Å²) < 4.78 is 0. The molecule has 1 saturated heterocycles. The number of nitro groups is 1. The van der Waals surface area contributed by atoms with Gasteiger partial charge in [-0.15, -0.1) is 0 Å². The van der Waals surface area contributed by atoms with Crippen molar-refractivity contribution >= 4 is 35.0 Å². The van der Waals surface area contributed by atoms with Gasteiger partial charge in [-0.25, -0.2) is 0 Å². The fourth-order valence-electron chi connectivity index (χ4n) is 2.72. The first-order valence-electron chi connectivity index (χ1n) is 6.60. The molecule has 4 amide bonds. The number of nitrogens with two attached hydrogens (primary N) is 1. The van der Waals surface area contributed by atoms with Crippen LogP contribution in [0.25, 0.3) is 0 Å². The van der Waals surface area contributed by atoms with E-state index in [9.17, 15) is 29.3 Å². The predicted octanol–water partition coefficient (Wildman–Crippen LogP) is -0.422. The fraction of sp³-hybridized carbons (Fsp3) is 0.231. The SMILES string of the molecule is Nc1cc([N+](=O)[O-])cc2c1C(=O)N(C1CCC(=O)NC1=O)C2=O. The van der Waals surface area contributed by atoms with E-state index in [-0.39, 0.29) is 29.7 Å². The lowest BCUT2D eigenvalue weighted by Gasteiger charge is -2.27. The Morgan fingerprint density at radius 2 is 1.91 bits per heavy atom. The van der Waals surface area contributed by atoms with Crippen LogP contribution in [0.4, 0.5) is 11.4 Å². The highest BCUT2D eigenvalue weighted by Gasteiger charge is 2.46. The second kappa shape index (κ2) is 4.87. The topological polar surface area (TPSA) is 153 Å². The Morgan fingerprint density at radius 1 is 1.22 bits per heavy atom. The van der Waals surface area contributed by atoms with E-state index in [0.29, 0.717) is 4.90 Å². The predicted molar refractivity (Wildman–Crippen MR) is 74.2 cm³/mol. The number of piperidine rings is 1. The Kier molecular flexibility index (Phi) is 3.09. The molecule has 2 aliphatic heterocycles. The number of carbonyl (C=O) groups is 4. The molecule has 0 spiro atoms. The van der Waals surface area contributed by atoms with E-state index >= 15 is 0 Å². The Bertz CT molecular complexity index is 802. The summed E-state index contributed by atoms with van der Waals surface area (Å²) in [6, 6.07) is 0.800. The van der Waals surface area contributed by atoms with Crippen LogP contribution in [0, 0.1) is 10.1 Å². The zero-order valence-electron chi connectivity index (χ0n) is 11.6. The lowest BCUT2D eigenvalue weighted by atomic mass is 10.0. The van der Waals surface area contributed by atoms with Crippen LogP contribution in [-0.4, -0.2) is 39.5 Å². The van der Waals surface area contributed by atoms with Crippen molar-refractivity contribution in [3.05, 3.63) is 33.4 Å². The van der Waals surface area contributed by atoms with Gasteiger partial charge in [0.15, 0.2) is 0 Å². The van der Waals surface area contributed by atoms with Crippen molar-refractivity contribution < 1.29 is 24.1 Å². The van der Waals surface area contributed by atoms with Crippen molar-refractivity contribution in [3.63, 3.8) is 0 Å². The average Bonchev–Trinajstić information content (AvgIpc) is 2.72. The molecule has 118 valence electrons. The monoisotopic (exact) mass is 318 g/mol. The minimum absolute atomic E-state index is 0.00185. The van der Waals surface area contributed by atoms with Crippen LogP contribution in [0.5, 0.6) is 0 Å². The molecule has 0 saturated carbocycles. The van der Waals surface area contributed by atoms with Gasteiger partial charge >= 0.3 is 0 Å². The lowest BCUT2D eigenvalue weighted by molar-refractivity contribution is -0.384. The molecule has 0 radical (unpaired) electrons. The van der Waals surface area contributed by atoms with E-state index in [1.807, 2.05) is 0 Å². The third-order valence-corrected chi connectivity index (χ3v) is 3.77. The molecule has 1 aromatic carbocycles. The van der Waals surface area contributed by atoms with Gasteiger partial charge in [0.25, 0.3) is 17.5 Å². The zero-order chi connectivity index (χ0) is 16.9. The number of nitrogens with zero attached hydrogens (tertiary/aromatic N) is 2. The van der Waals surface area contributed by atoms with Gasteiger partial charge in [0.05, 0.1) is 21.7 Å². The quantitative estimate of drug-likeness (QED) is 0.325. The average molecular weight is 318 g/mol. The van der Waals surface area contributed by atoms with Crippen LogP contribution in [0.2, 0.25) is 0 Å². The van der Waals surface area contributed by atoms with Crippen molar-refractivity contribution in [2.75, 3.05) is 5.73 Å². The molecule has 1 unspecified atom stereocenters. The fourth-order valence-corrected chi connectivity index (χ4v) is 2.72. The molecule has 2 heterocycles. The summed E-state index contributed by atoms with van der Waals surface area (Å²) in [7, 11) is 0. The summed E-state index contributed by atoms with van der Waals surface area (Å²) in [5, 5.41) is 12.9. The van der Waals surface area contributed by atoms with Crippen molar-refractivity contribution in [2.24, 2.45) is 0 Å². The normalized spacial score (nSPS) is 20.5. The van der Waals surface area contributed by atoms with Crippen LogP contribution in [0.3, 0.4) is 0 Å². The van der Waals surface area contributed by atoms with E-state index in [2.05, 4.69) is 5.32 Å². The maximum absolute atomic E-state index is 12.4. The van der Waals surface area contributed by atoms with Crippen molar-refractivity contribution in [1.29, 1.82) is 0 Å². The standard InChI is InChI=1S/C13H10N4O6/c14-7-4-5(17(22)23)3-6-10(7)13(21)16(12(6)20)8-1-2-9(18)15-11(8)19/h3-4,8H,1-2,14H2,(H,15,18,19). The maximum Gasteiger partial charge on any atom is 0.272 e. The van der Waals surface area contributed by atoms with Gasteiger partial charge in [0.1, 0.15) is 6.04 Å². The highest BCUT2D eigenvalue weighted by Crippen LogP contribution is 2.34. The highest BCUT2D eigenvalue weighted by molar-refractivity contribution is 6.25. The number of nitrogen functional groups attached to an aromatic ring is 1.